The van der Waals surface area contributed by atoms with E-state index in [4.69, 9.17) is 23.4 Å². The summed E-state index contributed by atoms with van der Waals surface area (Å²) in [4.78, 5) is 38.4. The minimum Gasteiger partial charge on any atom is -0.472 e. The Morgan fingerprint density at radius 1 is 1.14 bits per heavy atom. The quantitative estimate of drug-likeness (QED) is 0.360. The van der Waals surface area contributed by atoms with Crippen LogP contribution in [0.4, 0.5) is 0 Å². The van der Waals surface area contributed by atoms with Crippen molar-refractivity contribution in [2.75, 3.05) is 0 Å². The van der Waals surface area contributed by atoms with Crippen LogP contribution < -0.4 is 0 Å². The Hall–Kier alpha value is -2.65. The summed E-state index contributed by atoms with van der Waals surface area (Å²) >= 11 is 0. The number of carbonyl (C=O) groups is 3. The van der Waals surface area contributed by atoms with Gasteiger partial charge in [0.1, 0.15) is 23.4 Å². The van der Waals surface area contributed by atoms with E-state index in [0.717, 1.165) is 0 Å². The molecule has 1 N–H and O–H groups in total. The van der Waals surface area contributed by atoms with Gasteiger partial charge in [-0.25, -0.2) is 9.59 Å². The highest BCUT2D eigenvalue weighted by Crippen LogP contribution is 2.79. The number of aliphatic hydroxyl groups excluding tert-OH is 1. The molecule has 9 heteroatoms. The molecule has 0 bridgehead atoms. The van der Waals surface area contributed by atoms with Gasteiger partial charge in [-0.3, -0.25) is 4.79 Å². The Labute approximate surface area is 215 Å². The molecule has 9 nitrogen and oxygen atoms in total. The van der Waals surface area contributed by atoms with E-state index in [2.05, 4.69) is 0 Å². The summed E-state index contributed by atoms with van der Waals surface area (Å²) in [6.07, 6.45) is 3.78. The second-order valence-electron chi connectivity index (χ2n) is 12.7. The second-order valence-corrected chi connectivity index (χ2v) is 12.7. The molecular weight excluding hydrogens is 480 g/mol. The molecule has 1 aromatic rings. The first kappa shape index (κ1) is 24.7. The van der Waals surface area contributed by atoms with Crippen molar-refractivity contribution in [1.82, 2.24) is 0 Å². The molecule has 0 radical (unpaired) electrons. The fourth-order valence-electron chi connectivity index (χ4n) is 9.29. The van der Waals surface area contributed by atoms with Gasteiger partial charge in [0.2, 0.25) is 0 Å². The summed E-state index contributed by atoms with van der Waals surface area (Å²) in [6.45, 7) is 11.0. The summed E-state index contributed by atoms with van der Waals surface area (Å²) in [6, 6.07) is 1.75. The van der Waals surface area contributed by atoms with Gasteiger partial charge in [-0.2, -0.15) is 0 Å². The summed E-state index contributed by atoms with van der Waals surface area (Å²) in [5.41, 5.74) is -3.89. The molecule has 10 unspecified atom stereocenters. The normalized spacial score (nSPS) is 49.3. The van der Waals surface area contributed by atoms with Crippen LogP contribution in [0.1, 0.15) is 66.1 Å². The van der Waals surface area contributed by atoms with Crippen molar-refractivity contribution >= 4 is 17.9 Å². The molecule has 1 aromatic heterocycles. The van der Waals surface area contributed by atoms with E-state index < -0.39 is 75.7 Å². The second kappa shape index (κ2) is 7.26. The van der Waals surface area contributed by atoms with E-state index in [-0.39, 0.29) is 12.3 Å². The van der Waals surface area contributed by atoms with Crippen LogP contribution in [0.5, 0.6) is 0 Å². The van der Waals surface area contributed by atoms with Crippen LogP contribution >= 0.6 is 0 Å². The smallest absolute Gasteiger partial charge is 0.339 e. The SMILES string of the molecule is CC(=O)OC1CC2C(C)(C)OC(=O)C=CC2(C)C2C(O)CC3(C)C(c4ccoc4)OC(=O)C4OC43C12C. The van der Waals surface area contributed by atoms with Crippen molar-refractivity contribution in [1.29, 1.82) is 0 Å². The van der Waals surface area contributed by atoms with Gasteiger partial charge in [0.25, 0.3) is 0 Å². The minimum absolute atomic E-state index is 0.269. The molecular formula is C28H34O9. The van der Waals surface area contributed by atoms with Gasteiger partial charge in [0, 0.05) is 41.2 Å². The van der Waals surface area contributed by atoms with Crippen LogP contribution in [0.3, 0.4) is 0 Å². The fourth-order valence-corrected chi connectivity index (χ4v) is 9.29. The van der Waals surface area contributed by atoms with E-state index in [0.29, 0.717) is 12.0 Å². The number of esters is 3. The lowest BCUT2D eigenvalue weighted by atomic mass is 9.36. The van der Waals surface area contributed by atoms with E-state index in [9.17, 15) is 19.5 Å². The molecule has 2 saturated carbocycles. The zero-order valence-corrected chi connectivity index (χ0v) is 22.0. The fraction of sp³-hybridized carbons (Fsp3) is 0.679. The van der Waals surface area contributed by atoms with Gasteiger partial charge in [-0.1, -0.05) is 26.8 Å². The molecule has 3 aliphatic heterocycles. The number of cyclic esters (lactones) is 2. The number of rotatable bonds is 2. The molecule has 1 spiro atoms. The predicted octanol–water partition coefficient (Wildman–Crippen LogP) is 3.26. The number of hydrogen-bond acceptors (Lipinski definition) is 9. The maximum Gasteiger partial charge on any atom is 0.339 e. The van der Waals surface area contributed by atoms with Gasteiger partial charge in [-0.05, 0) is 38.2 Å². The number of carbonyl (C=O) groups excluding carboxylic acids is 3. The number of fused-ring (bicyclic) bond motifs is 3. The summed E-state index contributed by atoms with van der Waals surface area (Å²) in [7, 11) is 0. The number of ether oxygens (including phenoxy) is 4. The Kier molecular flexibility index (Phi) is 4.84. The maximum atomic E-state index is 13.3. The molecule has 2 saturated heterocycles. The first-order valence-corrected chi connectivity index (χ1v) is 12.9. The molecule has 4 heterocycles. The van der Waals surface area contributed by atoms with Crippen molar-refractivity contribution in [2.45, 2.75) is 90.0 Å². The van der Waals surface area contributed by atoms with Gasteiger partial charge in [0.05, 0.1) is 18.6 Å². The molecule has 2 aliphatic carbocycles. The molecule has 6 rings (SSSR count). The Balaban J connectivity index is 1.59. The van der Waals surface area contributed by atoms with Crippen molar-refractivity contribution in [2.24, 2.45) is 28.1 Å². The number of epoxide rings is 1. The first-order valence-electron chi connectivity index (χ1n) is 12.9. The molecule has 37 heavy (non-hydrogen) atoms. The summed E-state index contributed by atoms with van der Waals surface area (Å²) in [5.74, 6) is -2.21. The summed E-state index contributed by atoms with van der Waals surface area (Å²) < 4.78 is 29.5. The monoisotopic (exact) mass is 514 g/mol. The highest BCUT2D eigenvalue weighted by Gasteiger charge is 2.89. The van der Waals surface area contributed by atoms with Crippen LogP contribution in [-0.4, -0.2) is 52.5 Å². The third-order valence-electron chi connectivity index (χ3n) is 10.4. The highest BCUT2D eigenvalue weighted by molar-refractivity contribution is 5.84. The maximum absolute atomic E-state index is 13.3. The van der Waals surface area contributed by atoms with Crippen LogP contribution in [0.15, 0.2) is 35.2 Å². The molecule has 200 valence electrons. The zero-order chi connectivity index (χ0) is 26.8. The lowest BCUT2D eigenvalue weighted by Gasteiger charge is -2.68. The van der Waals surface area contributed by atoms with Crippen LogP contribution in [-0.2, 0) is 33.3 Å². The number of allylic oxidation sites excluding steroid dienone is 1. The highest BCUT2D eigenvalue weighted by atomic mass is 16.7. The number of furan rings is 1. The topological polar surface area (TPSA) is 125 Å². The third-order valence-corrected chi connectivity index (χ3v) is 10.4. The van der Waals surface area contributed by atoms with Crippen molar-refractivity contribution in [3.05, 3.63) is 36.3 Å². The van der Waals surface area contributed by atoms with Crippen LogP contribution in [0.25, 0.3) is 0 Å². The van der Waals surface area contributed by atoms with E-state index in [1.54, 1.807) is 12.3 Å². The molecule has 4 fully saturated rings. The average Bonchev–Trinajstić information content (AvgIpc) is 3.38. The molecule has 0 aromatic carbocycles. The van der Waals surface area contributed by atoms with Gasteiger partial charge in [0.15, 0.2) is 6.10 Å². The molecule has 5 aliphatic rings. The number of hydrogen-bond donors (Lipinski definition) is 1. The van der Waals surface area contributed by atoms with Crippen molar-refractivity contribution in [3.8, 4) is 0 Å². The molecule has 0 amide bonds. The van der Waals surface area contributed by atoms with Gasteiger partial charge < -0.3 is 28.5 Å². The Bertz CT molecular complexity index is 1200. The predicted molar refractivity (Wildman–Crippen MR) is 127 cm³/mol. The largest absolute Gasteiger partial charge is 0.472 e. The lowest BCUT2D eigenvalue weighted by molar-refractivity contribution is -0.281. The zero-order valence-electron chi connectivity index (χ0n) is 22.0. The van der Waals surface area contributed by atoms with Gasteiger partial charge >= 0.3 is 17.9 Å². The number of aliphatic hydroxyl groups is 1. The Morgan fingerprint density at radius 3 is 2.51 bits per heavy atom. The summed E-state index contributed by atoms with van der Waals surface area (Å²) in [5, 5.41) is 12.1. The first-order chi connectivity index (χ1) is 17.2. The van der Waals surface area contributed by atoms with Crippen LogP contribution in [0.2, 0.25) is 0 Å². The van der Waals surface area contributed by atoms with Crippen LogP contribution in [0, 0.1) is 28.1 Å². The van der Waals surface area contributed by atoms with Crippen molar-refractivity contribution in [3.63, 3.8) is 0 Å². The Morgan fingerprint density at radius 2 is 1.86 bits per heavy atom. The lowest BCUT2D eigenvalue weighted by Crippen LogP contribution is -2.75. The average molecular weight is 515 g/mol. The van der Waals surface area contributed by atoms with Gasteiger partial charge in [-0.15, -0.1) is 0 Å². The molecule has 10 atom stereocenters. The van der Waals surface area contributed by atoms with E-state index in [1.165, 1.54) is 19.3 Å². The van der Waals surface area contributed by atoms with Crippen molar-refractivity contribution < 1.29 is 42.9 Å². The third kappa shape index (κ3) is 2.84. The van der Waals surface area contributed by atoms with E-state index >= 15 is 0 Å². The van der Waals surface area contributed by atoms with E-state index in [1.807, 2.05) is 40.7 Å². The minimum atomic E-state index is -1.08. The standard InChI is InChI=1S/C28H34O9/c1-14(29)34-18-11-17-24(2,3)36-19(31)7-9-25(17,4)20-16(30)12-26(5)21(15-8-10-33-13-15)35-23(32)22-28(26,37-22)27(18,20)6/h7-10,13,16-18,20-22,30H,11-12H2,1-6H3.